The van der Waals surface area contributed by atoms with E-state index in [1.54, 1.807) is 11.3 Å². The summed E-state index contributed by atoms with van der Waals surface area (Å²) < 4.78 is 1.06. The normalized spacial score (nSPS) is 11.6. The van der Waals surface area contributed by atoms with Crippen molar-refractivity contribution in [3.05, 3.63) is 63.7 Å². The van der Waals surface area contributed by atoms with Crippen molar-refractivity contribution in [1.29, 1.82) is 0 Å². The molecule has 0 unspecified atom stereocenters. The number of benzene rings is 2. The van der Waals surface area contributed by atoms with E-state index >= 15 is 0 Å². The molecule has 5 rings (SSSR count). The molecule has 2 aromatic carbocycles. The largest absolute Gasteiger partial charge is 0.360 e. The van der Waals surface area contributed by atoms with Crippen LogP contribution in [0.15, 0.2) is 58.6 Å². The molecule has 0 bridgehead atoms. The fourth-order valence-electron chi connectivity index (χ4n) is 3.11. The van der Waals surface area contributed by atoms with Gasteiger partial charge in [-0.05, 0) is 24.3 Å². The van der Waals surface area contributed by atoms with Gasteiger partial charge in [-0.15, -0.1) is 11.3 Å². The fraction of sp³-hybridized carbons (Fsp3) is 0. The van der Waals surface area contributed by atoms with E-state index in [0.717, 1.165) is 47.7 Å². The molecule has 0 fully saturated rings. The summed E-state index contributed by atoms with van der Waals surface area (Å²) in [7, 11) is 0. The lowest BCUT2D eigenvalue weighted by Gasteiger charge is -1.96. The number of halogens is 2. The SMILES string of the molecule is Clc1ccc2c(-c3nc(-c4c[nH]c5cc(Br)ccc45)cs3)c[nH]c2c1. The summed E-state index contributed by atoms with van der Waals surface area (Å²) in [6.07, 6.45) is 4.01. The van der Waals surface area contributed by atoms with Crippen LogP contribution in [0.4, 0.5) is 0 Å². The maximum atomic E-state index is 6.07. The molecule has 0 atom stereocenters. The topological polar surface area (TPSA) is 44.5 Å². The molecule has 3 nitrogen and oxygen atoms in total. The zero-order valence-corrected chi connectivity index (χ0v) is 16.0. The first kappa shape index (κ1) is 15.2. The molecule has 0 saturated heterocycles. The summed E-state index contributed by atoms with van der Waals surface area (Å²) >= 11 is 11.2. The van der Waals surface area contributed by atoms with E-state index in [0.29, 0.717) is 0 Å². The highest BCUT2D eigenvalue weighted by atomic mass is 79.9. The molecule has 0 aliphatic rings. The number of rotatable bonds is 2. The van der Waals surface area contributed by atoms with Crippen molar-refractivity contribution < 1.29 is 0 Å². The second kappa shape index (κ2) is 5.73. The first-order valence-corrected chi connectivity index (χ1v) is 9.74. The van der Waals surface area contributed by atoms with Gasteiger partial charge < -0.3 is 9.97 Å². The third-order valence-corrected chi connectivity index (χ3v) is 5.90. The minimum atomic E-state index is 0.727. The molecule has 0 aliphatic heterocycles. The van der Waals surface area contributed by atoms with Gasteiger partial charge in [-0.2, -0.15) is 0 Å². The van der Waals surface area contributed by atoms with Gasteiger partial charge in [0, 0.05) is 60.2 Å². The molecule has 3 aromatic heterocycles. The molecule has 5 aromatic rings. The lowest BCUT2D eigenvalue weighted by molar-refractivity contribution is 1.40. The number of H-pyrrole nitrogens is 2. The number of aromatic nitrogens is 3. The predicted octanol–water partition coefficient (Wildman–Crippen LogP) is 6.86. The van der Waals surface area contributed by atoms with Gasteiger partial charge in [0.2, 0.25) is 0 Å². The summed E-state index contributed by atoms with van der Waals surface area (Å²) in [4.78, 5) is 11.5. The predicted molar refractivity (Wildman–Crippen MR) is 109 cm³/mol. The number of aromatic amines is 2. The molecule has 6 heteroatoms. The van der Waals surface area contributed by atoms with Gasteiger partial charge in [0.25, 0.3) is 0 Å². The second-order valence-electron chi connectivity index (χ2n) is 5.82. The van der Waals surface area contributed by atoms with Crippen molar-refractivity contribution in [3.8, 4) is 21.8 Å². The number of nitrogens with one attached hydrogen (secondary N) is 2. The Morgan fingerprint density at radius 3 is 2.52 bits per heavy atom. The Morgan fingerprint density at radius 1 is 0.920 bits per heavy atom. The minimum Gasteiger partial charge on any atom is -0.360 e. The Balaban J connectivity index is 1.62. The minimum absolute atomic E-state index is 0.727. The maximum Gasteiger partial charge on any atom is 0.126 e. The molecule has 0 amide bonds. The van der Waals surface area contributed by atoms with Gasteiger partial charge in [-0.1, -0.05) is 39.7 Å². The average molecular weight is 429 g/mol. The van der Waals surface area contributed by atoms with Gasteiger partial charge >= 0.3 is 0 Å². The Morgan fingerprint density at radius 2 is 1.64 bits per heavy atom. The summed E-state index contributed by atoms with van der Waals surface area (Å²) in [5, 5.41) is 6.13. The Labute approximate surface area is 160 Å². The first-order chi connectivity index (χ1) is 12.2. The molecular formula is C19H11BrClN3S. The zero-order chi connectivity index (χ0) is 17.0. The molecule has 2 N–H and O–H groups in total. The van der Waals surface area contributed by atoms with Crippen LogP contribution >= 0.6 is 38.9 Å². The highest BCUT2D eigenvalue weighted by Gasteiger charge is 2.14. The van der Waals surface area contributed by atoms with Crippen LogP contribution in [0, 0.1) is 0 Å². The smallest absolute Gasteiger partial charge is 0.126 e. The average Bonchev–Trinajstić information content (AvgIpc) is 3.30. The van der Waals surface area contributed by atoms with Crippen LogP contribution in [-0.4, -0.2) is 15.0 Å². The standard InChI is InChI=1S/C19H11BrClN3S/c20-10-1-3-12-14(7-22-16(12)5-10)18-9-25-19(24-18)15-8-23-17-6-11(21)2-4-13(15)17/h1-9,22-23H. The van der Waals surface area contributed by atoms with Crippen LogP contribution in [-0.2, 0) is 0 Å². The summed E-state index contributed by atoms with van der Waals surface area (Å²) in [6, 6.07) is 12.1. The second-order valence-corrected chi connectivity index (χ2v) is 8.03. The summed E-state index contributed by atoms with van der Waals surface area (Å²) in [5.41, 5.74) is 5.33. The van der Waals surface area contributed by atoms with Gasteiger partial charge in [-0.25, -0.2) is 4.98 Å². The number of hydrogen-bond acceptors (Lipinski definition) is 2. The van der Waals surface area contributed by atoms with Gasteiger partial charge in [0.05, 0.1) is 5.69 Å². The lowest BCUT2D eigenvalue weighted by Crippen LogP contribution is -1.78. The van der Waals surface area contributed by atoms with Gasteiger partial charge in [0.1, 0.15) is 5.01 Å². The zero-order valence-electron chi connectivity index (χ0n) is 12.8. The van der Waals surface area contributed by atoms with E-state index in [1.807, 2.05) is 30.6 Å². The van der Waals surface area contributed by atoms with Crippen molar-refractivity contribution in [3.63, 3.8) is 0 Å². The van der Waals surface area contributed by atoms with Crippen LogP contribution in [0.25, 0.3) is 43.6 Å². The van der Waals surface area contributed by atoms with Crippen molar-refractivity contribution in [2.45, 2.75) is 0 Å². The third kappa shape index (κ3) is 2.51. The number of hydrogen-bond donors (Lipinski definition) is 2. The van der Waals surface area contributed by atoms with Crippen LogP contribution in [0.3, 0.4) is 0 Å². The lowest BCUT2D eigenvalue weighted by atomic mass is 10.1. The molecular weight excluding hydrogens is 418 g/mol. The van der Waals surface area contributed by atoms with Gasteiger partial charge in [0.15, 0.2) is 0 Å². The first-order valence-electron chi connectivity index (χ1n) is 7.68. The van der Waals surface area contributed by atoms with E-state index in [2.05, 4.69) is 49.5 Å². The number of fused-ring (bicyclic) bond motifs is 2. The molecule has 25 heavy (non-hydrogen) atoms. The van der Waals surface area contributed by atoms with Gasteiger partial charge in [-0.3, -0.25) is 0 Å². The van der Waals surface area contributed by atoms with E-state index in [-0.39, 0.29) is 0 Å². The molecule has 0 spiro atoms. The monoisotopic (exact) mass is 427 g/mol. The molecule has 0 aliphatic carbocycles. The highest BCUT2D eigenvalue weighted by Crippen LogP contribution is 2.36. The van der Waals surface area contributed by atoms with E-state index in [1.165, 1.54) is 5.39 Å². The van der Waals surface area contributed by atoms with Crippen molar-refractivity contribution in [2.24, 2.45) is 0 Å². The van der Waals surface area contributed by atoms with Crippen LogP contribution in [0.5, 0.6) is 0 Å². The van der Waals surface area contributed by atoms with Crippen molar-refractivity contribution in [2.75, 3.05) is 0 Å². The molecule has 122 valence electrons. The summed E-state index contributed by atoms with van der Waals surface area (Å²) in [5.74, 6) is 0. The van der Waals surface area contributed by atoms with Crippen LogP contribution in [0.1, 0.15) is 0 Å². The molecule has 3 heterocycles. The quantitative estimate of drug-likeness (QED) is 0.317. The maximum absolute atomic E-state index is 6.07. The fourth-order valence-corrected chi connectivity index (χ4v) is 4.49. The molecule has 0 radical (unpaired) electrons. The third-order valence-electron chi connectivity index (χ3n) is 4.30. The highest BCUT2D eigenvalue weighted by molar-refractivity contribution is 9.10. The Kier molecular flexibility index (Phi) is 3.48. The van der Waals surface area contributed by atoms with Crippen molar-refractivity contribution >= 4 is 60.7 Å². The van der Waals surface area contributed by atoms with E-state index < -0.39 is 0 Å². The van der Waals surface area contributed by atoms with Crippen LogP contribution < -0.4 is 0 Å². The Bertz CT molecular complexity index is 1140. The van der Waals surface area contributed by atoms with E-state index in [9.17, 15) is 0 Å². The number of nitrogens with zero attached hydrogens (tertiary/aromatic N) is 1. The van der Waals surface area contributed by atoms with E-state index in [4.69, 9.17) is 16.6 Å². The Hall–Kier alpha value is -2.08. The molecule has 0 saturated carbocycles. The summed E-state index contributed by atoms with van der Waals surface area (Å²) in [6.45, 7) is 0. The number of thiazole rings is 1. The van der Waals surface area contributed by atoms with Crippen LogP contribution in [0.2, 0.25) is 5.02 Å². The van der Waals surface area contributed by atoms with Crippen molar-refractivity contribution in [1.82, 2.24) is 15.0 Å².